The van der Waals surface area contributed by atoms with Gasteiger partial charge in [-0.2, -0.15) is 0 Å². The number of hydrogen-bond donors (Lipinski definition) is 1. The van der Waals surface area contributed by atoms with Crippen LogP contribution in [0.5, 0.6) is 11.5 Å². The molecule has 3 nitrogen and oxygen atoms in total. The summed E-state index contributed by atoms with van der Waals surface area (Å²) in [6.07, 6.45) is 0. The van der Waals surface area contributed by atoms with Crippen molar-refractivity contribution in [3.8, 4) is 11.5 Å². The molecule has 0 saturated heterocycles. The highest BCUT2D eigenvalue weighted by Gasteiger charge is 2.22. The SMILES string of the molecule is CC(C)(CNCCl)c1ccc2c(c1)OCCO2. The average molecular weight is 256 g/mol. The highest BCUT2D eigenvalue weighted by Crippen LogP contribution is 2.34. The fraction of sp³-hybridized carbons (Fsp3) is 0.538. The summed E-state index contributed by atoms with van der Waals surface area (Å²) in [4.78, 5) is 0. The third-order valence-corrected chi connectivity index (χ3v) is 3.17. The first-order valence-electron chi connectivity index (χ1n) is 5.80. The molecule has 0 spiro atoms. The van der Waals surface area contributed by atoms with Gasteiger partial charge in [0.15, 0.2) is 11.5 Å². The van der Waals surface area contributed by atoms with E-state index in [4.69, 9.17) is 21.1 Å². The summed E-state index contributed by atoms with van der Waals surface area (Å²) in [5.74, 6) is 1.67. The van der Waals surface area contributed by atoms with Gasteiger partial charge in [-0.1, -0.05) is 19.9 Å². The van der Waals surface area contributed by atoms with E-state index in [2.05, 4.69) is 31.3 Å². The number of fused-ring (bicyclic) bond motifs is 1. The van der Waals surface area contributed by atoms with Gasteiger partial charge in [0.05, 0.1) is 6.00 Å². The van der Waals surface area contributed by atoms with Gasteiger partial charge in [-0.15, -0.1) is 11.6 Å². The zero-order valence-corrected chi connectivity index (χ0v) is 11.0. The van der Waals surface area contributed by atoms with E-state index < -0.39 is 0 Å². The van der Waals surface area contributed by atoms with Crippen molar-refractivity contribution in [1.29, 1.82) is 0 Å². The van der Waals surface area contributed by atoms with E-state index >= 15 is 0 Å². The number of alkyl halides is 1. The minimum atomic E-state index is 0.0186. The van der Waals surface area contributed by atoms with E-state index in [1.165, 1.54) is 5.56 Å². The minimum Gasteiger partial charge on any atom is -0.486 e. The standard InChI is InChI=1S/C13H18ClNO2/c1-13(2,8-15-9-14)10-3-4-11-12(7-10)17-6-5-16-11/h3-4,7,15H,5-6,8-9H2,1-2H3. The minimum absolute atomic E-state index is 0.0186. The Morgan fingerprint density at radius 1 is 1.24 bits per heavy atom. The topological polar surface area (TPSA) is 30.5 Å². The normalized spacial score (nSPS) is 14.8. The van der Waals surface area contributed by atoms with Gasteiger partial charge in [-0.3, -0.25) is 0 Å². The Labute approximate surface area is 107 Å². The maximum Gasteiger partial charge on any atom is 0.161 e. The fourth-order valence-corrected chi connectivity index (χ4v) is 2.02. The second-order valence-corrected chi connectivity index (χ2v) is 5.07. The predicted molar refractivity (Wildman–Crippen MR) is 69.2 cm³/mol. The smallest absolute Gasteiger partial charge is 0.161 e. The van der Waals surface area contributed by atoms with Gasteiger partial charge in [-0.25, -0.2) is 0 Å². The number of nitrogens with one attached hydrogen (secondary N) is 1. The van der Waals surface area contributed by atoms with Gasteiger partial charge in [0.25, 0.3) is 0 Å². The first-order chi connectivity index (χ1) is 8.13. The lowest BCUT2D eigenvalue weighted by atomic mass is 9.84. The Kier molecular flexibility index (Phi) is 3.79. The molecule has 2 rings (SSSR count). The second kappa shape index (κ2) is 5.15. The molecule has 1 aromatic carbocycles. The highest BCUT2D eigenvalue weighted by atomic mass is 35.5. The molecular formula is C13H18ClNO2. The summed E-state index contributed by atoms with van der Waals surface area (Å²) in [7, 11) is 0. The molecule has 0 radical (unpaired) electrons. The van der Waals surface area contributed by atoms with Crippen molar-refractivity contribution in [3.05, 3.63) is 23.8 Å². The summed E-state index contributed by atoms with van der Waals surface area (Å²) in [5, 5.41) is 3.16. The molecule has 0 fully saturated rings. The zero-order valence-electron chi connectivity index (χ0n) is 10.3. The van der Waals surface area contributed by atoms with Crippen LogP contribution >= 0.6 is 11.6 Å². The molecule has 94 valence electrons. The average Bonchev–Trinajstić information content (AvgIpc) is 2.36. The molecule has 0 unspecified atom stereocenters. The Morgan fingerprint density at radius 2 is 1.94 bits per heavy atom. The van der Waals surface area contributed by atoms with Gasteiger partial charge in [-0.05, 0) is 17.7 Å². The van der Waals surface area contributed by atoms with Crippen LogP contribution in [0.1, 0.15) is 19.4 Å². The molecule has 0 saturated carbocycles. The summed E-state index contributed by atoms with van der Waals surface area (Å²) in [6.45, 7) is 6.44. The van der Waals surface area contributed by atoms with Crippen molar-refractivity contribution >= 4 is 11.6 Å². The van der Waals surface area contributed by atoms with Gasteiger partial charge < -0.3 is 14.8 Å². The molecule has 4 heteroatoms. The fourth-order valence-electron chi connectivity index (χ4n) is 1.93. The number of halogens is 1. The van der Waals surface area contributed by atoms with E-state index in [9.17, 15) is 0 Å². The molecule has 1 aromatic rings. The molecular weight excluding hydrogens is 238 g/mol. The van der Waals surface area contributed by atoms with Crippen LogP contribution in [0.25, 0.3) is 0 Å². The molecule has 1 heterocycles. The molecule has 1 aliphatic heterocycles. The molecule has 0 amide bonds. The first-order valence-corrected chi connectivity index (χ1v) is 6.34. The molecule has 17 heavy (non-hydrogen) atoms. The third-order valence-electron chi connectivity index (χ3n) is 2.99. The molecule has 0 bridgehead atoms. The lowest BCUT2D eigenvalue weighted by molar-refractivity contribution is 0.171. The van der Waals surface area contributed by atoms with E-state index in [0.717, 1.165) is 18.0 Å². The van der Waals surface area contributed by atoms with Gasteiger partial charge in [0.1, 0.15) is 13.2 Å². The van der Waals surface area contributed by atoms with Crippen molar-refractivity contribution < 1.29 is 9.47 Å². The lowest BCUT2D eigenvalue weighted by Gasteiger charge is -2.27. The van der Waals surface area contributed by atoms with E-state index in [0.29, 0.717) is 19.2 Å². The number of ether oxygens (including phenoxy) is 2. The Bertz CT molecular complexity index is 393. The Hall–Kier alpha value is -0.930. The molecule has 0 aliphatic carbocycles. The maximum atomic E-state index is 5.65. The second-order valence-electron chi connectivity index (χ2n) is 4.80. The molecule has 1 aliphatic rings. The quantitative estimate of drug-likeness (QED) is 0.663. The van der Waals surface area contributed by atoms with Crippen LogP contribution in [0.15, 0.2) is 18.2 Å². The van der Waals surface area contributed by atoms with Crippen LogP contribution in [0, 0.1) is 0 Å². The van der Waals surface area contributed by atoms with Crippen LogP contribution in [-0.4, -0.2) is 25.8 Å². The Morgan fingerprint density at radius 3 is 2.65 bits per heavy atom. The van der Waals surface area contributed by atoms with Crippen molar-refractivity contribution in [1.82, 2.24) is 5.32 Å². The summed E-state index contributed by atoms with van der Waals surface area (Å²) < 4.78 is 11.1. The van der Waals surface area contributed by atoms with E-state index in [1.54, 1.807) is 0 Å². The monoisotopic (exact) mass is 255 g/mol. The first kappa shape index (κ1) is 12.5. The largest absolute Gasteiger partial charge is 0.486 e. The molecule has 0 aromatic heterocycles. The predicted octanol–water partition coefficient (Wildman–Crippen LogP) is 2.52. The van der Waals surface area contributed by atoms with Gasteiger partial charge in [0.2, 0.25) is 0 Å². The van der Waals surface area contributed by atoms with Crippen molar-refractivity contribution in [2.75, 3.05) is 25.8 Å². The third kappa shape index (κ3) is 2.85. The van der Waals surface area contributed by atoms with E-state index in [1.807, 2.05) is 6.07 Å². The highest BCUT2D eigenvalue weighted by molar-refractivity contribution is 6.17. The van der Waals surface area contributed by atoms with Crippen molar-refractivity contribution in [3.63, 3.8) is 0 Å². The van der Waals surface area contributed by atoms with E-state index in [-0.39, 0.29) is 5.41 Å². The van der Waals surface area contributed by atoms with Crippen molar-refractivity contribution in [2.24, 2.45) is 0 Å². The summed E-state index contributed by atoms with van der Waals surface area (Å²) in [6, 6.07) is 6.59. The van der Waals surface area contributed by atoms with Crippen LogP contribution in [0.2, 0.25) is 0 Å². The summed E-state index contributed by atoms with van der Waals surface area (Å²) in [5.41, 5.74) is 1.24. The van der Waals surface area contributed by atoms with Gasteiger partial charge in [0, 0.05) is 12.0 Å². The van der Waals surface area contributed by atoms with Crippen molar-refractivity contribution in [2.45, 2.75) is 19.3 Å². The van der Waals surface area contributed by atoms with Crippen LogP contribution in [0.4, 0.5) is 0 Å². The Balaban J connectivity index is 2.20. The number of hydrogen-bond acceptors (Lipinski definition) is 3. The number of rotatable bonds is 4. The number of benzene rings is 1. The van der Waals surface area contributed by atoms with Crippen LogP contribution in [-0.2, 0) is 5.41 Å². The van der Waals surface area contributed by atoms with Crippen LogP contribution in [0.3, 0.4) is 0 Å². The molecule has 1 N–H and O–H groups in total. The van der Waals surface area contributed by atoms with Gasteiger partial charge >= 0.3 is 0 Å². The maximum absolute atomic E-state index is 5.65. The molecule has 0 atom stereocenters. The summed E-state index contributed by atoms with van der Waals surface area (Å²) >= 11 is 5.65. The lowest BCUT2D eigenvalue weighted by Crippen LogP contribution is -2.32. The van der Waals surface area contributed by atoms with Crippen LogP contribution < -0.4 is 14.8 Å². The zero-order chi connectivity index (χ0) is 12.3.